The van der Waals surface area contributed by atoms with Gasteiger partial charge in [0.25, 0.3) is 5.91 Å². The monoisotopic (exact) mass is 300 g/mol. The van der Waals surface area contributed by atoms with Crippen molar-refractivity contribution >= 4 is 11.8 Å². The molecule has 0 fully saturated rings. The number of carbonyl (C=O) groups is 2. The number of hydrogen-bond acceptors (Lipinski definition) is 2. The number of carbonyl (C=O) groups excluding carboxylic acids is 2. The van der Waals surface area contributed by atoms with E-state index in [-0.39, 0.29) is 12.0 Å². The van der Waals surface area contributed by atoms with E-state index in [9.17, 15) is 22.8 Å². The summed E-state index contributed by atoms with van der Waals surface area (Å²) in [5.41, 5.74) is 4.61. The van der Waals surface area contributed by atoms with Gasteiger partial charge in [0.15, 0.2) is 0 Å². The number of amides is 2. The molecule has 0 saturated carbocycles. The predicted octanol–water partition coefficient (Wildman–Crippen LogP) is 2.26. The molecule has 4 nitrogen and oxygen atoms in total. The Hall–Kier alpha value is -2.31. The second-order valence-electron chi connectivity index (χ2n) is 4.67. The highest BCUT2D eigenvalue weighted by atomic mass is 19.4. The summed E-state index contributed by atoms with van der Waals surface area (Å²) in [6, 6.07) is 2.91. The highest BCUT2D eigenvalue weighted by Crippen LogP contribution is 2.29. The topological polar surface area (TPSA) is 72.2 Å². The molecule has 1 atom stereocenters. The first-order valence-electron chi connectivity index (χ1n) is 6.03. The minimum Gasteiger partial charge on any atom is -0.368 e. The van der Waals surface area contributed by atoms with Crippen molar-refractivity contribution < 1.29 is 22.8 Å². The summed E-state index contributed by atoms with van der Waals surface area (Å²) < 4.78 is 37.7. The van der Waals surface area contributed by atoms with Crippen LogP contribution >= 0.6 is 0 Å². The third kappa shape index (κ3) is 4.94. The van der Waals surface area contributed by atoms with Gasteiger partial charge in [-0.05, 0) is 31.5 Å². The van der Waals surface area contributed by atoms with Crippen LogP contribution in [0, 0.1) is 0 Å². The zero-order valence-corrected chi connectivity index (χ0v) is 11.3. The van der Waals surface area contributed by atoms with Crippen LogP contribution in [-0.2, 0) is 11.0 Å². The molecule has 7 heteroatoms. The van der Waals surface area contributed by atoms with E-state index >= 15 is 0 Å². The summed E-state index contributed by atoms with van der Waals surface area (Å²) in [7, 11) is 0. The Balaban J connectivity index is 2.93. The van der Waals surface area contributed by atoms with Gasteiger partial charge in [0.05, 0.1) is 5.56 Å². The lowest BCUT2D eigenvalue weighted by atomic mass is 10.1. The first kappa shape index (κ1) is 16.7. The van der Waals surface area contributed by atoms with Gasteiger partial charge in [-0.3, -0.25) is 9.59 Å². The second kappa shape index (κ2) is 6.43. The van der Waals surface area contributed by atoms with E-state index in [0.29, 0.717) is 11.6 Å². The van der Waals surface area contributed by atoms with Crippen molar-refractivity contribution in [3.8, 4) is 0 Å². The van der Waals surface area contributed by atoms with Gasteiger partial charge < -0.3 is 11.1 Å². The van der Waals surface area contributed by atoms with Gasteiger partial charge in [-0.25, -0.2) is 0 Å². The average Bonchev–Trinajstić information content (AvgIpc) is 2.36. The van der Waals surface area contributed by atoms with Crippen LogP contribution in [0.3, 0.4) is 0 Å². The molecule has 3 N–H and O–H groups in total. The number of alkyl halides is 3. The summed E-state index contributed by atoms with van der Waals surface area (Å²) in [5, 5.41) is 2.30. The summed E-state index contributed by atoms with van der Waals surface area (Å²) in [6.45, 7) is 5.24. The van der Waals surface area contributed by atoms with E-state index in [1.807, 2.05) is 0 Å². The molecule has 0 aliphatic carbocycles. The van der Waals surface area contributed by atoms with Gasteiger partial charge in [0.2, 0.25) is 5.91 Å². The van der Waals surface area contributed by atoms with Crippen LogP contribution < -0.4 is 11.1 Å². The van der Waals surface area contributed by atoms with E-state index in [0.717, 1.165) is 12.1 Å². The number of hydrogen-bond donors (Lipinski definition) is 2. The molecule has 0 aliphatic rings. The van der Waals surface area contributed by atoms with Gasteiger partial charge in [-0.2, -0.15) is 13.2 Å². The van der Waals surface area contributed by atoms with Gasteiger partial charge >= 0.3 is 6.18 Å². The normalized spacial score (nSPS) is 12.6. The number of nitrogens with two attached hydrogens (primary N) is 1. The molecule has 0 bridgehead atoms. The molecule has 114 valence electrons. The third-order valence-corrected chi connectivity index (χ3v) is 2.65. The van der Waals surface area contributed by atoms with Gasteiger partial charge in [-0.15, -0.1) is 6.58 Å². The Morgan fingerprint density at radius 3 is 2.48 bits per heavy atom. The largest absolute Gasteiger partial charge is 0.416 e. The molecule has 0 unspecified atom stereocenters. The van der Waals surface area contributed by atoms with Crippen LogP contribution in [0.4, 0.5) is 13.2 Å². The minimum absolute atomic E-state index is 0.125. The summed E-state index contributed by atoms with van der Waals surface area (Å²) in [5.74, 6) is -1.58. The zero-order valence-electron chi connectivity index (χ0n) is 11.3. The maximum Gasteiger partial charge on any atom is 0.416 e. The lowest BCUT2D eigenvalue weighted by Crippen LogP contribution is -2.44. The van der Waals surface area contributed by atoms with Crippen molar-refractivity contribution in [2.45, 2.75) is 25.6 Å². The van der Waals surface area contributed by atoms with E-state index in [2.05, 4.69) is 11.9 Å². The SMILES string of the molecule is C=C(C)C[C@H](NC(=O)c1cccc(C(F)(F)F)c1)C(N)=O. The number of halogens is 3. The Morgan fingerprint density at radius 2 is 2.00 bits per heavy atom. The van der Waals surface area contributed by atoms with Crippen molar-refractivity contribution in [1.82, 2.24) is 5.32 Å². The number of benzene rings is 1. The van der Waals surface area contributed by atoms with Crippen molar-refractivity contribution in [3.63, 3.8) is 0 Å². The fourth-order valence-electron chi connectivity index (χ4n) is 1.65. The molecule has 0 aliphatic heterocycles. The Bertz CT molecular complexity index is 568. The van der Waals surface area contributed by atoms with Gasteiger partial charge in [0.1, 0.15) is 6.04 Å². The van der Waals surface area contributed by atoms with Crippen molar-refractivity contribution in [3.05, 3.63) is 47.5 Å². The molecule has 1 aromatic rings. The number of primary amides is 1. The summed E-state index contributed by atoms with van der Waals surface area (Å²) in [4.78, 5) is 23.1. The molecule has 0 saturated heterocycles. The molecule has 1 aromatic carbocycles. The van der Waals surface area contributed by atoms with Crippen molar-refractivity contribution in [1.29, 1.82) is 0 Å². The van der Waals surface area contributed by atoms with Crippen LogP contribution in [0.15, 0.2) is 36.4 Å². The van der Waals surface area contributed by atoms with E-state index in [4.69, 9.17) is 5.73 Å². The molecule has 0 radical (unpaired) electrons. The zero-order chi connectivity index (χ0) is 16.2. The highest BCUT2D eigenvalue weighted by molar-refractivity contribution is 5.97. The molecular formula is C14H15F3N2O2. The average molecular weight is 300 g/mol. The molecule has 0 aromatic heterocycles. The van der Waals surface area contributed by atoms with Crippen LogP contribution in [0.1, 0.15) is 29.3 Å². The second-order valence-corrected chi connectivity index (χ2v) is 4.67. The van der Waals surface area contributed by atoms with E-state index < -0.39 is 29.6 Å². The quantitative estimate of drug-likeness (QED) is 0.819. The molecule has 2 amide bonds. The van der Waals surface area contributed by atoms with Crippen molar-refractivity contribution in [2.75, 3.05) is 0 Å². The molecule has 0 heterocycles. The van der Waals surface area contributed by atoms with E-state index in [1.165, 1.54) is 6.07 Å². The maximum atomic E-state index is 12.6. The van der Waals surface area contributed by atoms with Gasteiger partial charge in [-0.1, -0.05) is 11.6 Å². The van der Waals surface area contributed by atoms with Crippen LogP contribution in [0.25, 0.3) is 0 Å². The third-order valence-electron chi connectivity index (χ3n) is 2.65. The lowest BCUT2D eigenvalue weighted by molar-refractivity contribution is -0.137. The Kier molecular flexibility index (Phi) is 5.12. The molecule has 21 heavy (non-hydrogen) atoms. The molecule has 1 rings (SSSR count). The maximum absolute atomic E-state index is 12.6. The summed E-state index contributed by atoms with van der Waals surface area (Å²) in [6.07, 6.45) is -4.42. The van der Waals surface area contributed by atoms with E-state index in [1.54, 1.807) is 6.92 Å². The number of nitrogens with one attached hydrogen (secondary N) is 1. The Labute approximate surface area is 119 Å². The van der Waals surface area contributed by atoms with Crippen molar-refractivity contribution in [2.24, 2.45) is 5.73 Å². The van der Waals surface area contributed by atoms with Gasteiger partial charge in [0, 0.05) is 5.56 Å². The molecule has 0 spiro atoms. The summed E-state index contributed by atoms with van der Waals surface area (Å²) >= 11 is 0. The first-order valence-corrected chi connectivity index (χ1v) is 6.03. The fourth-order valence-corrected chi connectivity index (χ4v) is 1.65. The highest BCUT2D eigenvalue weighted by Gasteiger charge is 2.31. The van der Waals surface area contributed by atoms with Crippen LogP contribution in [0.5, 0.6) is 0 Å². The van der Waals surface area contributed by atoms with Crippen LogP contribution in [0.2, 0.25) is 0 Å². The number of rotatable bonds is 5. The molecular weight excluding hydrogens is 285 g/mol. The minimum atomic E-state index is -4.54. The first-order chi connectivity index (χ1) is 9.61. The van der Waals surface area contributed by atoms with Crippen LogP contribution in [-0.4, -0.2) is 17.9 Å². The fraction of sp³-hybridized carbons (Fsp3) is 0.286. The lowest BCUT2D eigenvalue weighted by Gasteiger charge is -2.16. The predicted molar refractivity (Wildman–Crippen MR) is 71.3 cm³/mol. The smallest absolute Gasteiger partial charge is 0.368 e. The standard InChI is InChI=1S/C14H15F3N2O2/c1-8(2)6-11(12(18)20)19-13(21)9-4-3-5-10(7-9)14(15,16)17/h3-5,7,11H,1,6H2,2H3,(H2,18,20)(H,19,21)/t11-/m0/s1. The Morgan fingerprint density at radius 1 is 1.38 bits per heavy atom.